The highest BCUT2D eigenvalue weighted by Crippen LogP contribution is 2.08. The maximum atomic E-state index is 11.4. The standard InChI is InChI=1S/C16H31NO2/c1-4-5-6-7-8-9-10-11-12-13-16(18)19-15-14-17(2)3/h5-6H,4,7-15H2,1-3H3. The van der Waals surface area contributed by atoms with Crippen LogP contribution in [0.4, 0.5) is 0 Å². The number of nitrogens with zero attached hydrogens (tertiary/aromatic N) is 1. The van der Waals surface area contributed by atoms with Gasteiger partial charge in [0.25, 0.3) is 0 Å². The molecule has 0 rings (SSSR count). The molecule has 0 aliphatic carbocycles. The van der Waals surface area contributed by atoms with Crippen LogP contribution in [0.5, 0.6) is 0 Å². The van der Waals surface area contributed by atoms with E-state index in [-0.39, 0.29) is 5.97 Å². The second-order valence-electron chi connectivity index (χ2n) is 5.21. The van der Waals surface area contributed by atoms with Gasteiger partial charge in [-0.25, -0.2) is 0 Å². The Morgan fingerprint density at radius 2 is 1.74 bits per heavy atom. The number of unbranched alkanes of at least 4 members (excludes halogenated alkanes) is 5. The third kappa shape index (κ3) is 15.1. The molecule has 0 aromatic heterocycles. The first kappa shape index (κ1) is 18.2. The van der Waals surface area contributed by atoms with E-state index in [0.717, 1.165) is 25.8 Å². The molecule has 0 radical (unpaired) electrons. The molecular formula is C16H31NO2. The van der Waals surface area contributed by atoms with Gasteiger partial charge in [-0.15, -0.1) is 0 Å². The zero-order valence-corrected chi connectivity index (χ0v) is 13.0. The molecule has 0 aliphatic heterocycles. The van der Waals surface area contributed by atoms with Crippen molar-refractivity contribution in [1.29, 1.82) is 0 Å². The Morgan fingerprint density at radius 1 is 1.05 bits per heavy atom. The highest BCUT2D eigenvalue weighted by molar-refractivity contribution is 5.69. The molecule has 0 heterocycles. The van der Waals surface area contributed by atoms with Crippen LogP contribution in [0.25, 0.3) is 0 Å². The molecule has 0 fully saturated rings. The first-order valence-electron chi connectivity index (χ1n) is 7.62. The minimum atomic E-state index is -0.0484. The molecule has 0 atom stereocenters. The lowest BCUT2D eigenvalue weighted by Crippen LogP contribution is -2.20. The number of allylic oxidation sites excluding steroid dienone is 2. The quantitative estimate of drug-likeness (QED) is 0.307. The van der Waals surface area contributed by atoms with E-state index in [0.29, 0.717) is 13.0 Å². The largest absolute Gasteiger partial charge is 0.464 e. The molecule has 3 nitrogen and oxygen atoms in total. The molecule has 0 spiro atoms. The number of ether oxygens (including phenoxy) is 1. The van der Waals surface area contributed by atoms with E-state index in [1.54, 1.807) is 0 Å². The summed E-state index contributed by atoms with van der Waals surface area (Å²) >= 11 is 0. The molecule has 0 amide bonds. The van der Waals surface area contributed by atoms with Gasteiger partial charge in [0.05, 0.1) is 0 Å². The molecule has 19 heavy (non-hydrogen) atoms. The van der Waals surface area contributed by atoms with Gasteiger partial charge < -0.3 is 9.64 Å². The van der Waals surface area contributed by atoms with Crippen molar-refractivity contribution in [3.05, 3.63) is 12.2 Å². The summed E-state index contributed by atoms with van der Waals surface area (Å²) in [5.74, 6) is -0.0484. The zero-order valence-electron chi connectivity index (χ0n) is 13.0. The summed E-state index contributed by atoms with van der Waals surface area (Å²) in [4.78, 5) is 13.4. The van der Waals surface area contributed by atoms with Gasteiger partial charge in [-0.3, -0.25) is 4.79 Å². The molecule has 0 saturated carbocycles. The molecule has 0 saturated heterocycles. The van der Waals surface area contributed by atoms with E-state index in [9.17, 15) is 4.79 Å². The van der Waals surface area contributed by atoms with Crippen LogP contribution in [0.3, 0.4) is 0 Å². The first-order valence-corrected chi connectivity index (χ1v) is 7.62. The molecule has 3 heteroatoms. The molecule has 0 aromatic carbocycles. The van der Waals surface area contributed by atoms with Crippen molar-refractivity contribution in [1.82, 2.24) is 4.90 Å². The molecule has 0 aromatic rings. The summed E-state index contributed by atoms with van der Waals surface area (Å²) < 4.78 is 5.14. The van der Waals surface area contributed by atoms with Crippen LogP contribution in [0, 0.1) is 0 Å². The summed E-state index contributed by atoms with van der Waals surface area (Å²) in [7, 11) is 3.95. The van der Waals surface area contributed by atoms with E-state index in [2.05, 4.69) is 19.1 Å². The Kier molecular flexibility index (Phi) is 13.0. The van der Waals surface area contributed by atoms with Crippen molar-refractivity contribution < 1.29 is 9.53 Å². The number of carbonyl (C=O) groups is 1. The van der Waals surface area contributed by atoms with Gasteiger partial charge in [-0.1, -0.05) is 38.3 Å². The van der Waals surface area contributed by atoms with Crippen molar-refractivity contribution in [3.8, 4) is 0 Å². The summed E-state index contributed by atoms with van der Waals surface area (Å²) in [5, 5.41) is 0. The molecule has 0 N–H and O–H groups in total. The van der Waals surface area contributed by atoms with Gasteiger partial charge in [-0.05, 0) is 39.8 Å². The van der Waals surface area contributed by atoms with E-state index >= 15 is 0 Å². The Bertz CT molecular complexity index is 237. The number of likely N-dealkylation sites (N-methyl/N-ethyl adjacent to an activating group) is 1. The fourth-order valence-corrected chi connectivity index (χ4v) is 1.76. The van der Waals surface area contributed by atoms with Gasteiger partial charge in [0.2, 0.25) is 0 Å². The van der Waals surface area contributed by atoms with Crippen molar-refractivity contribution in [2.24, 2.45) is 0 Å². The van der Waals surface area contributed by atoms with Crippen molar-refractivity contribution in [2.45, 2.75) is 58.3 Å². The van der Waals surface area contributed by atoms with E-state index in [4.69, 9.17) is 4.74 Å². The first-order chi connectivity index (χ1) is 9.16. The molecule has 0 aliphatic rings. The van der Waals surface area contributed by atoms with Gasteiger partial charge in [0, 0.05) is 13.0 Å². The Hall–Kier alpha value is -0.830. The monoisotopic (exact) mass is 269 g/mol. The topological polar surface area (TPSA) is 29.5 Å². The van der Waals surface area contributed by atoms with Crippen molar-refractivity contribution in [2.75, 3.05) is 27.2 Å². The lowest BCUT2D eigenvalue weighted by molar-refractivity contribution is -0.144. The maximum absolute atomic E-state index is 11.4. The second-order valence-corrected chi connectivity index (χ2v) is 5.21. The summed E-state index contributed by atoms with van der Waals surface area (Å²) in [6, 6.07) is 0. The lowest BCUT2D eigenvalue weighted by Gasteiger charge is -2.09. The van der Waals surface area contributed by atoms with Crippen LogP contribution in [0.2, 0.25) is 0 Å². The lowest BCUT2D eigenvalue weighted by atomic mass is 10.1. The average Bonchev–Trinajstić information content (AvgIpc) is 2.36. The molecular weight excluding hydrogens is 238 g/mol. The fraction of sp³-hybridized carbons (Fsp3) is 0.812. The van der Waals surface area contributed by atoms with Crippen molar-refractivity contribution >= 4 is 5.97 Å². The summed E-state index contributed by atoms with van der Waals surface area (Å²) in [6.45, 7) is 3.47. The molecule has 112 valence electrons. The van der Waals surface area contributed by atoms with Crippen LogP contribution < -0.4 is 0 Å². The third-order valence-corrected chi connectivity index (χ3v) is 2.96. The van der Waals surface area contributed by atoms with E-state index in [1.165, 1.54) is 25.7 Å². The van der Waals surface area contributed by atoms with Crippen LogP contribution in [0.1, 0.15) is 58.3 Å². The van der Waals surface area contributed by atoms with Crippen LogP contribution >= 0.6 is 0 Å². The number of hydrogen-bond donors (Lipinski definition) is 0. The van der Waals surface area contributed by atoms with Crippen molar-refractivity contribution in [3.63, 3.8) is 0 Å². The maximum Gasteiger partial charge on any atom is 0.305 e. The Balaban J connectivity index is 3.20. The normalized spacial score (nSPS) is 11.4. The smallest absolute Gasteiger partial charge is 0.305 e. The van der Waals surface area contributed by atoms with Crippen LogP contribution in [0.15, 0.2) is 12.2 Å². The second kappa shape index (κ2) is 13.6. The van der Waals surface area contributed by atoms with E-state index < -0.39 is 0 Å². The number of carbonyl (C=O) groups excluding carboxylic acids is 1. The third-order valence-electron chi connectivity index (χ3n) is 2.96. The highest BCUT2D eigenvalue weighted by atomic mass is 16.5. The minimum Gasteiger partial charge on any atom is -0.464 e. The van der Waals surface area contributed by atoms with Gasteiger partial charge >= 0.3 is 5.97 Å². The number of rotatable bonds is 12. The molecule has 0 bridgehead atoms. The van der Waals surface area contributed by atoms with Gasteiger partial charge in [-0.2, -0.15) is 0 Å². The SMILES string of the molecule is CCC=CCCCCCCCC(=O)OCCN(C)C. The Labute approximate surface area is 119 Å². The van der Waals surface area contributed by atoms with Crippen LogP contribution in [-0.4, -0.2) is 38.1 Å². The van der Waals surface area contributed by atoms with Crippen LogP contribution in [-0.2, 0) is 9.53 Å². The fourth-order valence-electron chi connectivity index (χ4n) is 1.76. The summed E-state index contributed by atoms with van der Waals surface area (Å²) in [6.07, 6.45) is 13.3. The predicted octanol–water partition coefficient (Wildman–Crippen LogP) is 3.79. The minimum absolute atomic E-state index is 0.0484. The van der Waals surface area contributed by atoms with Gasteiger partial charge in [0.1, 0.15) is 6.61 Å². The number of hydrogen-bond acceptors (Lipinski definition) is 3. The molecule has 0 unspecified atom stereocenters. The van der Waals surface area contributed by atoms with E-state index in [1.807, 2.05) is 19.0 Å². The predicted molar refractivity (Wildman–Crippen MR) is 81.3 cm³/mol. The number of esters is 1. The zero-order chi connectivity index (χ0) is 14.3. The van der Waals surface area contributed by atoms with Gasteiger partial charge in [0.15, 0.2) is 0 Å². The Morgan fingerprint density at radius 3 is 2.42 bits per heavy atom. The highest BCUT2D eigenvalue weighted by Gasteiger charge is 2.02. The summed E-state index contributed by atoms with van der Waals surface area (Å²) in [5.41, 5.74) is 0. The average molecular weight is 269 g/mol.